The van der Waals surface area contributed by atoms with E-state index < -0.39 is 15.5 Å². The Labute approximate surface area is 95.0 Å². The zero-order chi connectivity index (χ0) is 12.3. The van der Waals surface area contributed by atoms with Gasteiger partial charge in [0.2, 0.25) is 5.91 Å². The minimum atomic E-state index is -4.62. The van der Waals surface area contributed by atoms with Gasteiger partial charge in [0.1, 0.15) is 5.25 Å². The molecule has 16 heavy (non-hydrogen) atoms. The van der Waals surface area contributed by atoms with Crippen molar-refractivity contribution in [2.24, 2.45) is 5.73 Å². The van der Waals surface area contributed by atoms with Crippen molar-refractivity contribution in [2.75, 3.05) is 13.1 Å². The molecule has 0 spiro atoms. The van der Waals surface area contributed by atoms with Gasteiger partial charge in [-0.25, -0.2) is 0 Å². The molecule has 0 aromatic rings. The van der Waals surface area contributed by atoms with Gasteiger partial charge in [-0.1, -0.05) is 6.92 Å². The molecule has 0 bridgehead atoms. The van der Waals surface area contributed by atoms with E-state index in [1.54, 1.807) is 0 Å². The van der Waals surface area contributed by atoms with Crippen molar-refractivity contribution >= 4 is 16.1 Å². The molecule has 1 heterocycles. The molecule has 2 N–H and O–H groups in total. The highest BCUT2D eigenvalue weighted by molar-refractivity contribution is 7.87. The third-order valence-electron chi connectivity index (χ3n) is 2.93. The topological polar surface area (TPSA) is 80.5 Å². The summed E-state index contributed by atoms with van der Waals surface area (Å²) in [5.41, 5.74) is 5.41. The normalized spacial score (nSPS) is 23.8. The number of carbonyl (C=O) groups excluding carboxylic acids is 1. The maximum atomic E-state index is 12.8. The minimum absolute atomic E-state index is 0.0455. The number of nitrogens with two attached hydrogens (primary N) is 1. The first-order chi connectivity index (χ1) is 7.40. The van der Waals surface area contributed by atoms with Gasteiger partial charge in [-0.05, 0) is 19.4 Å². The van der Waals surface area contributed by atoms with Gasteiger partial charge in [0.15, 0.2) is 0 Å². The van der Waals surface area contributed by atoms with Crippen molar-refractivity contribution in [2.45, 2.75) is 37.5 Å². The number of hydrogen-bond acceptors (Lipinski definition) is 4. The summed E-state index contributed by atoms with van der Waals surface area (Å²) in [7, 11) is -4.62. The van der Waals surface area contributed by atoms with Gasteiger partial charge < -0.3 is 10.6 Å². The lowest BCUT2D eigenvalue weighted by Gasteiger charge is -2.26. The van der Waals surface area contributed by atoms with Crippen LogP contribution in [0.4, 0.5) is 3.89 Å². The van der Waals surface area contributed by atoms with Crippen LogP contribution in [0.15, 0.2) is 0 Å². The fourth-order valence-electron chi connectivity index (χ4n) is 2.01. The first-order valence-corrected chi connectivity index (χ1v) is 6.77. The molecular weight excluding hydrogens is 235 g/mol. The summed E-state index contributed by atoms with van der Waals surface area (Å²) in [5, 5.41) is -1.20. The smallest absolute Gasteiger partial charge is 0.307 e. The number of rotatable bonds is 5. The maximum absolute atomic E-state index is 12.8. The van der Waals surface area contributed by atoms with Crippen LogP contribution in [0.1, 0.15) is 26.2 Å². The monoisotopic (exact) mass is 252 g/mol. The summed E-state index contributed by atoms with van der Waals surface area (Å²) in [6.45, 7) is 2.27. The van der Waals surface area contributed by atoms with Gasteiger partial charge in [0.25, 0.3) is 0 Å². The SMILES string of the molecule is CCC(CCN)N1CC(S(=O)(=O)F)CC1=O. The summed E-state index contributed by atoms with van der Waals surface area (Å²) in [5.74, 6) is -0.300. The van der Waals surface area contributed by atoms with E-state index >= 15 is 0 Å². The Morgan fingerprint density at radius 3 is 2.62 bits per heavy atom. The van der Waals surface area contributed by atoms with Crippen molar-refractivity contribution in [1.29, 1.82) is 0 Å². The van der Waals surface area contributed by atoms with Gasteiger partial charge >= 0.3 is 10.2 Å². The molecule has 0 radical (unpaired) electrons. The van der Waals surface area contributed by atoms with Gasteiger partial charge in [0, 0.05) is 19.0 Å². The number of halogens is 1. The van der Waals surface area contributed by atoms with Crippen LogP contribution in [-0.4, -0.2) is 43.6 Å². The molecule has 0 aromatic heterocycles. The molecule has 7 heteroatoms. The molecular formula is C9H17FN2O3S. The molecule has 1 aliphatic heterocycles. The second kappa shape index (κ2) is 5.09. The van der Waals surface area contributed by atoms with Gasteiger partial charge in [0.05, 0.1) is 0 Å². The molecule has 2 atom stereocenters. The Morgan fingerprint density at radius 1 is 1.62 bits per heavy atom. The number of carbonyl (C=O) groups is 1. The first kappa shape index (κ1) is 13.4. The Kier molecular flexibility index (Phi) is 4.26. The Hall–Kier alpha value is -0.690. The molecule has 0 aromatic carbocycles. The quantitative estimate of drug-likeness (QED) is 0.699. The molecule has 1 saturated heterocycles. The van der Waals surface area contributed by atoms with Gasteiger partial charge in [-0.2, -0.15) is 8.42 Å². The van der Waals surface area contributed by atoms with E-state index in [1.807, 2.05) is 6.92 Å². The second-order valence-corrected chi connectivity index (χ2v) is 5.61. The Morgan fingerprint density at radius 2 is 2.25 bits per heavy atom. The van der Waals surface area contributed by atoms with E-state index in [0.29, 0.717) is 19.4 Å². The Balaban J connectivity index is 2.74. The van der Waals surface area contributed by atoms with Crippen molar-refractivity contribution in [1.82, 2.24) is 4.90 Å². The average Bonchev–Trinajstić information content (AvgIpc) is 2.56. The van der Waals surface area contributed by atoms with Crippen LogP contribution < -0.4 is 5.73 Å². The number of amides is 1. The standard InChI is InChI=1S/C9H17FN2O3S/c1-2-7(3-4-11)12-6-8(5-9(12)13)16(10,14)15/h7-8H,2-6,11H2,1H3. The van der Waals surface area contributed by atoms with Crippen molar-refractivity contribution in [3.05, 3.63) is 0 Å². The lowest BCUT2D eigenvalue weighted by atomic mass is 10.1. The predicted molar refractivity (Wildman–Crippen MR) is 57.9 cm³/mol. The lowest BCUT2D eigenvalue weighted by Crippen LogP contribution is -2.38. The van der Waals surface area contributed by atoms with E-state index in [0.717, 1.165) is 0 Å². The van der Waals surface area contributed by atoms with E-state index in [-0.39, 0.29) is 24.9 Å². The van der Waals surface area contributed by atoms with Crippen LogP contribution in [0.25, 0.3) is 0 Å². The summed E-state index contributed by atoms with van der Waals surface area (Å²) in [6, 6.07) is -0.0794. The Bertz CT molecular complexity index is 358. The van der Waals surface area contributed by atoms with Gasteiger partial charge in [-0.15, -0.1) is 3.89 Å². The van der Waals surface area contributed by atoms with Crippen LogP contribution in [0, 0.1) is 0 Å². The van der Waals surface area contributed by atoms with E-state index in [9.17, 15) is 17.1 Å². The zero-order valence-corrected chi connectivity index (χ0v) is 10.0. The van der Waals surface area contributed by atoms with Gasteiger partial charge in [-0.3, -0.25) is 4.79 Å². The van der Waals surface area contributed by atoms with Crippen molar-refractivity contribution in [3.8, 4) is 0 Å². The molecule has 5 nitrogen and oxygen atoms in total. The highest BCUT2D eigenvalue weighted by Gasteiger charge is 2.40. The van der Waals surface area contributed by atoms with Crippen LogP contribution >= 0.6 is 0 Å². The molecule has 1 amide bonds. The van der Waals surface area contributed by atoms with E-state index in [2.05, 4.69) is 0 Å². The van der Waals surface area contributed by atoms with Crippen LogP contribution in [0.5, 0.6) is 0 Å². The maximum Gasteiger partial charge on any atom is 0.307 e. The summed E-state index contributed by atoms with van der Waals surface area (Å²) in [4.78, 5) is 13.0. The third kappa shape index (κ3) is 2.91. The number of nitrogens with zero attached hydrogens (tertiary/aromatic N) is 1. The van der Waals surface area contributed by atoms with Crippen LogP contribution in [0.3, 0.4) is 0 Å². The summed E-state index contributed by atoms with van der Waals surface area (Å²) >= 11 is 0. The van der Waals surface area contributed by atoms with Crippen molar-refractivity contribution in [3.63, 3.8) is 0 Å². The molecule has 0 saturated carbocycles. The average molecular weight is 252 g/mol. The molecule has 2 unspecified atom stereocenters. The number of likely N-dealkylation sites (tertiary alicyclic amines) is 1. The fourth-order valence-corrected chi connectivity index (χ4v) is 2.69. The minimum Gasteiger partial charge on any atom is -0.338 e. The highest BCUT2D eigenvalue weighted by atomic mass is 32.3. The molecule has 94 valence electrons. The zero-order valence-electron chi connectivity index (χ0n) is 9.23. The number of hydrogen-bond donors (Lipinski definition) is 1. The molecule has 1 fully saturated rings. The van der Waals surface area contributed by atoms with Crippen LogP contribution in [0.2, 0.25) is 0 Å². The van der Waals surface area contributed by atoms with E-state index in [1.165, 1.54) is 4.90 Å². The lowest BCUT2D eigenvalue weighted by molar-refractivity contribution is -0.129. The highest BCUT2D eigenvalue weighted by Crippen LogP contribution is 2.23. The third-order valence-corrected chi connectivity index (χ3v) is 4.05. The molecule has 0 aliphatic carbocycles. The molecule has 1 aliphatic rings. The van der Waals surface area contributed by atoms with Crippen molar-refractivity contribution < 1.29 is 17.1 Å². The second-order valence-electron chi connectivity index (χ2n) is 3.99. The largest absolute Gasteiger partial charge is 0.338 e. The summed E-state index contributed by atoms with van der Waals surface area (Å²) in [6.07, 6.45) is 1.06. The predicted octanol–water partition coefficient (Wildman–Crippen LogP) is 0.0140. The first-order valence-electron chi connectivity index (χ1n) is 5.33. The van der Waals surface area contributed by atoms with E-state index in [4.69, 9.17) is 5.73 Å². The molecule has 1 rings (SSSR count). The fraction of sp³-hybridized carbons (Fsp3) is 0.889. The summed E-state index contributed by atoms with van der Waals surface area (Å²) < 4.78 is 34.2. The van der Waals surface area contributed by atoms with Crippen LogP contribution in [-0.2, 0) is 15.0 Å².